The molecule has 0 bridgehead atoms. The van der Waals surface area contributed by atoms with Gasteiger partial charge in [0.15, 0.2) is 5.96 Å². The highest BCUT2D eigenvalue weighted by Crippen LogP contribution is 2.16. The van der Waals surface area contributed by atoms with E-state index in [-0.39, 0.29) is 0 Å². The second-order valence-corrected chi connectivity index (χ2v) is 8.16. The van der Waals surface area contributed by atoms with Crippen LogP contribution in [0.25, 0.3) is 11.0 Å². The predicted molar refractivity (Wildman–Crippen MR) is 130 cm³/mol. The van der Waals surface area contributed by atoms with Gasteiger partial charge in [-0.3, -0.25) is 9.89 Å². The molecule has 0 aliphatic carbocycles. The second kappa shape index (κ2) is 11.1. The zero-order valence-electron chi connectivity index (χ0n) is 19.2. The number of aliphatic imine (C=N–C) groups is 1. The highest BCUT2D eigenvalue weighted by Gasteiger charge is 2.13. The number of imidazole rings is 1. The van der Waals surface area contributed by atoms with Crippen molar-refractivity contribution in [3.05, 3.63) is 65.5 Å². The Morgan fingerprint density at radius 3 is 2.59 bits per heavy atom. The Morgan fingerprint density at radius 1 is 1.03 bits per heavy atom. The molecule has 170 valence electrons. The van der Waals surface area contributed by atoms with Gasteiger partial charge in [0.1, 0.15) is 5.82 Å². The lowest BCUT2D eigenvalue weighted by molar-refractivity contribution is 0.0341. The number of nitrogens with zero attached hydrogens (tertiary/aromatic N) is 4. The molecule has 0 radical (unpaired) electrons. The van der Waals surface area contributed by atoms with E-state index in [9.17, 15) is 0 Å². The molecule has 0 saturated carbocycles. The molecule has 1 aliphatic heterocycles. The molecule has 2 N–H and O–H groups in total. The van der Waals surface area contributed by atoms with Gasteiger partial charge in [0.05, 0.1) is 24.2 Å². The average Bonchev–Trinajstić information content (AvgIpc) is 3.15. The van der Waals surface area contributed by atoms with Crippen molar-refractivity contribution in [1.29, 1.82) is 0 Å². The Balaban J connectivity index is 1.26. The fraction of sp³-hybridized carbons (Fsp3) is 0.440. The zero-order chi connectivity index (χ0) is 22.2. The number of hydrogen-bond donors (Lipinski definition) is 2. The summed E-state index contributed by atoms with van der Waals surface area (Å²) in [6, 6.07) is 17.0. The first-order chi connectivity index (χ1) is 15.7. The van der Waals surface area contributed by atoms with Gasteiger partial charge in [-0.15, -0.1) is 0 Å². The molecule has 2 aromatic carbocycles. The molecule has 1 aromatic heterocycles. The van der Waals surface area contributed by atoms with E-state index >= 15 is 0 Å². The fourth-order valence-corrected chi connectivity index (χ4v) is 4.21. The molecule has 0 amide bonds. The number of nitrogens with one attached hydrogen (secondary N) is 2. The van der Waals surface area contributed by atoms with E-state index in [1.807, 2.05) is 13.1 Å². The minimum Gasteiger partial charge on any atom is -0.379 e. The molecule has 32 heavy (non-hydrogen) atoms. The van der Waals surface area contributed by atoms with E-state index in [2.05, 4.69) is 79.5 Å². The van der Waals surface area contributed by atoms with Gasteiger partial charge in [-0.25, -0.2) is 4.98 Å². The zero-order valence-corrected chi connectivity index (χ0v) is 19.2. The van der Waals surface area contributed by atoms with Crippen LogP contribution in [0.5, 0.6) is 0 Å². The van der Waals surface area contributed by atoms with Gasteiger partial charge in [-0.2, -0.15) is 0 Å². The number of hydrogen-bond acceptors (Lipinski definition) is 4. The molecule has 1 saturated heterocycles. The maximum atomic E-state index is 5.48. The van der Waals surface area contributed by atoms with Gasteiger partial charge in [0, 0.05) is 46.3 Å². The summed E-state index contributed by atoms with van der Waals surface area (Å²) in [7, 11) is 1.82. The number of rotatable bonds is 8. The van der Waals surface area contributed by atoms with Crippen molar-refractivity contribution in [3.63, 3.8) is 0 Å². The van der Waals surface area contributed by atoms with Crippen LogP contribution in [0, 0.1) is 6.92 Å². The van der Waals surface area contributed by atoms with E-state index < -0.39 is 0 Å². The van der Waals surface area contributed by atoms with E-state index in [0.29, 0.717) is 0 Å². The Bertz CT molecular complexity index is 1040. The molecular formula is C25H34N6O. The summed E-state index contributed by atoms with van der Waals surface area (Å²) in [5.41, 5.74) is 4.93. The van der Waals surface area contributed by atoms with Crippen LogP contribution < -0.4 is 10.6 Å². The highest BCUT2D eigenvalue weighted by molar-refractivity contribution is 5.79. The standard InChI is InChI=1S/C25H34N6O/c1-20-29-23-10-5-6-11-24(23)31(20)13-7-12-27-25(26-2)28-18-21-8-3-4-9-22(21)19-30-14-16-32-17-15-30/h3-6,8-11H,7,12-19H2,1-2H3,(H2,26,27,28). The number of guanidine groups is 1. The highest BCUT2D eigenvalue weighted by atomic mass is 16.5. The van der Waals surface area contributed by atoms with Crippen LogP contribution >= 0.6 is 0 Å². The molecule has 3 aromatic rings. The van der Waals surface area contributed by atoms with Gasteiger partial charge in [-0.1, -0.05) is 36.4 Å². The molecule has 1 aliphatic rings. The van der Waals surface area contributed by atoms with E-state index in [4.69, 9.17) is 4.74 Å². The molecule has 2 heterocycles. The van der Waals surface area contributed by atoms with Crippen molar-refractivity contribution >= 4 is 17.0 Å². The van der Waals surface area contributed by atoms with Gasteiger partial charge >= 0.3 is 0 Å². The Kier molecular flexibility index (Phi) is 7.74. The molecule has 7 heteroatoms. The smallest absolute Gasteiger partial charge is 0.191 e. The van der Waals surface area contributed by atoms with Crippen molar-refractivity contribution < 1.29 is 4.74 Å². The first-order valence-electron chi connectivity index (χ1n) is 11.5. The van der Waals surface area contributed by atoms with Crippen LogP contribution in [0.15, 0.2) is 53.5 Å². The van der Waals surface area contributed by atoms with Gasteiger partial charge < -0.3 is 19.9 Å². The van der Waals surface area contributed by atoms with Crippen molar-refractivity contribution in [2.45, 2.75) is 33.0 Å². The maximum Gasteiger partial charge on any atom is 0.191 e. The summed E-state index contributed by atoms with van der Waals surface area (Å²) in [6.07, 6.45) is 0.996. The third kappa shape index (κ3) is 5.66. The molecular weight excluding hydrogens is 400 g/mol. The number of aromatic nitrogens is 2. The number of aryl methyl sites for hydroxylation is 2. The molecule has 1 fully saturated rings. The Labute approximate surface area is 190 Å². The minimum atomic E-state index is 0.755. The number of para-hydroxylation sites is 2. The largest absolute Gasteiger partial charge is 0.379 e. The summed E-state index contributed by atoms with van der Waals surface area (Å²) in [5.74, 6) is 1.89. The first kappa shape index (κ1) is 22.3. The van der Waals surface area contributed by atoms with Crippen molar-refractivity contribution in [2.75, 3.05) is 39.9 Å². The topological polar surface area (TPSA) is 66.7 Å². The van der Waals surface area contributed by atoms with Gasteiger partial charge in [0.2, 0.25) is 0 Å². The van der Waals surface area contributed by atoms with Crippen LogP contribution in [0.4, 0.5) is 0 Å². The van der Waals surface area contributed by atoms with Crippen LogP contribution in [0.2, 0.25) is 0 Å². The van der Waals surface area contributed by atoms with E-state index in [0.717, 1.165) is 76.2 Å². The molecule has 0 atom stereocenters. The summed E-state index contributed by atoms with van der Waals surface area (Å²) in [6.45, 7) is 9.21. The third-order valence-corrected chi connectivity index (χ3v) is 5.98. The SMILES string of the molecule is CN=C(NCCCn1c(C)nc2ccccc21)NCc1ccccc1CN1CCOCC1. The number of benzene rings is 2. The molecule has 4 rings (SSSR count). The number of morpholine rings is 1. The Hall–Kier alpha value is -2.90. The van der Waals surface area contributed by atoms with E-state index in [1.165, 1.54) is 16.6 Å². The van der Waals surface area contributed by atoms with Crippen molar-refractivity contribution in [3.8, 4) is 0 Å². The lowest BCUT2D eigenvalue weighted by Crippen LogP contribution is -2.38. The summed E-state index contributed by atoms with van der Waals surface area (Å²) in [5, 5.41) is 6.92. The number of fused-ring (bicyclic) bond motifs is 1. The predicted octanol–water partition coefficient (Wildman–Crippen LogP) is 2.93. The Morgan fingerprint density at radius 2 is 1.78 bits per heavy atom. The second-order valence-electron chi connectivity index (χ2n) is 8.16. The third-order valence-electron chi connectivity index (χ3n) is 5.98. The lowest BCUT2D eigenvalue weighted by Gasteiger charge is -2.27. The molecule has 0 spiro atoms. The van der Waals surface area contributed by atoms with Crippen LogP contribution in [0.1, 0.15) is 23.4 Å². The maximum absolute atomic E-state index is 5.48. The van der Waals surface area contributed by atoms with Crippen molar-refractivity contribution in [1.82, 2.24) is 25.1 Å². The first-order valence-corrected chi connectivity index (χ1v) is 11.5. The monoisotopic (exact) mass is 434 g/mol. The lowest BCUT2D eigenvalue weighted by atomic mass is 10.1. The van der Waals surface area contributed by atoms with E-state index in [1.54, 1.807) is 0 Å². The quantitative estimate of drug-likeness (QED) is 0.324. The summed E-state index contributed by atoms with van der Waals surface area (Å²) < 4.78 is 7.76. The summed E-state index contributed by atoms with van der Waals surface area (Å²) in [4.78, 5) is 11.5. The van der Waals surface area contributed by atoms with Gasteiger partial charge in [-0.05, 0) is 36.6 Å². The molecule has 7 nitrogen and oxygen atoms in total. The van der Waals surface area contributed by atoms with Crippen LogP contribution in [-0.2, 0) is 24.4 Å². The summed E-state index contributed by atoms with van der Waals surface area (Å²) >= 11 is 0. The minimum absolute atomic E-state index is 0.755. The molecule has 0 unspecified atom stereocenters. The fourth-order valence-electron chi connectivity index (χ4n) is 4.21. The van der Waals surface area contributed by atoms with Crippen LogP contribution in [0.3, 0.4) is 0 Å². The average molecular weight is 435 g/mol. The normalized spacial score (nSPS) is 15.2. The van der Waals surface area contributed by atoms with Gasteiger partial charge in [0.25, 0.3) is 0 Å². The van der Waals surface area contributed by atoms with Crippen LogP contribution in [-0.4, -0.2) is 60.3 Å². The van der Waals surface area contributed by atoms with Crippen molar-refractivity contribution in [2.24, 2.45) is 4.99 Å². The number of ether oxygens (including phenoxy) is 1.